The molecule has 0 spiro atoms. The summed E-state index contributed by atoms with van der Waals surface area (Å²) in [5.41, 5.74) is 9.63. The van der Waals surface area contributed by atoms with E-state index in [0.29, 0.717) is 6.04 Å². The van der Waals surface area contributed by atoms with Crippen LogP contribution in [0.2, 0.25) is 0 Å². The van der Waals surface area contributed by atoms with E-state index in [1.54, 1.807) is 0 Å². The number of nitrogens with one attached hydrogen (secondary N) is 1. The zero-order valence-corrected chi connectivity index (χ0v) is 15.9. The number of hydrogen-bond acceptors (Lipinski definition) is 2. The number of fused-ring (bicyclic) bond motifs is 3. The zero-order valence-electron chi connectivity index (χ0n) is 14.2. The molecule has 0 radical (unpaired) electrons. The van der Waals surface area contributed by atoms with E-state index in [9.17, 15) is 4.79 Å². The van der Waals surface area contributed by atoms with E-state index >= 15 is 0 Å². The molecular weight excluding hydrogens is 364 g/mol. The van der Waals surface area contributed by atoms with E-state index in [1.165, 1.54) is 0 Å². The molecule has 2 aromatic rings. The maximum atomic E-state index is 12.6. The first-order chi connectivity index (χ1) is 11.1. The van der Waals surface area contributed by atoms with E-state index in [4.69, 9.17) is 5.73 Å². The Bertz CT molecular complexity index is 682. The SMILES string of the molecule is Br.CC(C)NCCCC1(C(N)=O)c2ccccc2-c2ccccc21. The number of carbonyl (C=O) groups is 1. The number of carbonyl (C=O) groups excluding carboxylic acids is 1. The van der Waals surface area contributed by atoms with Gasteiger partial charge in [0.05, 0.1) is 5.41 Å². The molecule has 0 aromatic heterocycles. The van der Waals surface area contributed by atoms with Crippen molar-refractivity contribution >= 4 is 22.9 Å². The van der Waals surface area contributed by atoms with Crippen molar-refractivity contribution in [1.82, 2.24) is 5.32 Å². The van der Waals surface area contributed by atoms with Crippen LogP contribution in [0, 0.1) is 0 Å². The van der Waals surface area contributed by atoms with E-state index in [0.717, 1.165) is 41.6 Å². The van der Waals surface area contributed by atoms with Gasteiger partial charge in [0.1, 0.15) is 0 Å². The molecule has 3 N–H and O–H groups in total. The molecule has 3 nitrogen and oxygen atoms in total. The van der Waals surface area contributed by atoms with Crippen molar-refractivity contribution in [3.8, 4) is 11.1 Å². The van der Waals surface area contributed by atoms with Crippen LogP contribution in [0.15, 0.2) is 48.5 Å². The highest BCUT2D eigenvalue weighted by Gasteiger charge is 2.47. The number of rotatable bonds is 6. The van der Waals surface area contributed by atoms with E-state index < -0.39 is 5.41 Å². The number of benzene rings is 2. The van der Waals surface area contributed by atoms with Crippen molar-refractivity contribution in [3.63, 3.8) is 0 Å². The van der Waals surface area contributed by atoms with Gasteiger partial charge in [0, 0.05) is 6.04 Å². The number of halogens is 1. The van der Waals surface area contributed by atoms with Gasteiger partial charge in [-0.2, -0.15) is 0 Å². The van der Waals surface area contributed by atoms with Gasteiger partial charge in [0.15, 0.2) is 0 Å². The van der Waals surface area contributed by atoms with Crippen molar-refractivity contribution in [3.05, 3.63) is 59.7 Å². The molecule has 0 saturated carbocycles. The molecule has 1 aliphatic carbocycles. The topological polar surface area (TPSA) is 55.1 Å². The van der Waals surface area contributed by atoms with Crippen LogP contribution in [-0.4, -0.2) is 18.5 Å². The first-order valence-corrected chi connectivity index (χ1v) is 8.30. The average molecular weight is 389 g/mol. The predicted octanol–water partition coefficient (Wildman–Crippen LogP) is 3.79. The monoisotopic (exact) mass is 388 g/mol. The number of hydrogen-bond donors (Lipinski definition) is 2. The molecule has 1 aliphatic rings. The van der Waals surface area contributed by atoms with Crippen molar-refractivity contribution in [2.24, 2.45) is 5.73 Å². The fraction of sp³-hybridized carbons (Fsp3) is 0.350. The number of nitrogens with two attached hydrogens (primary N) is 1. The molecular formula is C20H25BrN2O. The molecule has 4 heteroatoms. The summed E-state index contributed by atoms with van der Waals surface area (Å²) in [7, 11) is 0. The molecule has 0 bridgehead atoms. The van der Waals surface area contributed by atoms with Gasteiger partial charge in [-0.3, -0.25) is 4.79 Å². The summed E-state index contributed by atoms with van der Waals surface area (Å²) in [5.74, 6) is -0.251. The second kappa shape index (κ2) is 7.49. The van der Waals surface area contributed by atoms with Gasteiger partial charge in [0.2, 0.25) is 5.91 Å². The minimum absolute atomic E-state index is 0. The maximum Gasteiger partial charge on any atom is 0.232 e. The Labute approximate surface area is 154 Å². The summed E-state index contributed by atoms with van der Waals surface area (Å²) in [6, 6.07) is 16.8. The third-order valence-corrected chi connectivity index (χ3v) is 4.77. The standard InChI is InChI=1S/C20H24N2O.BrH/c1-14(2)22-13-7-12-20(19(21)23)17-10-5-3-8-15(17)16-9-4-6-11-18(16)20;/h3-6,8-11,14,22H,7,12-13H2,1-2H3,(H2,21,23);1H. The third kappa shape index (κ3) is 3.01. The fourth-order valence-corrected chi connectivity index (χ4v) is 3.73. The normalized spacial score (nSPS) is 14.0. The number of amides is 1. The van der Waals surface area contributed by atoms with Crippen molar-refractivity contribution in [2.45, 2.75) is 38.1 Å². The molecule has 24 heavy (non-hydrogen) atoms. The second-order valence-corrected chi connectivity index (χ2v) is 6.57. The lowest BCUT2D eigenvalue weighted by molar-refractivity contribution is -0.122. The smallest absolute Gasteiger partial charge is 0.232 e. The largest absolute Gasteiger partial charge is 0.369 e. The van der Waals surface area contributed by atoms with Crippen molar-refractivity contribution < 1.29 is 4.79 Å². The molecule has 0 saturated heterocycles. The Morgan fingerprint density at radius 3 is 2.00 bits per heavy atom. The molecule has 1 amide bonds. The van der Waals surface area contributed by atoms with Crippen LogP contribution in [0.5, 0.6) is 0 Å². The van der Waals surface area contributed by atoms with Gasteiger partial charge in [-0.05, 0) is 41.6 Å². The molecule has 0 heterocycles. The van der Waals surface area contributed by atoms with Crippen LogP contribution in [-0.2, 0) is 10.2 Å². The van der Waals surface area contributed by atoms with Gasteiger partial charge in [0.25, 0.3) is 0 Å². The highest BCUT2D eigenvalue weighted by atomic mass is 79.9. The average Bonchev–Trinajstić information content (AvgIpc) is 2.83. The van der Waals surface area contributed by atoms with E-state index in [-0.39, 0.29) is 22.9 Å². The van der Waals surface area contributed by atoms with E-state index in [2.05, 4.69) is 43.4 Å². The molecule has 0 atom stereocenters. The Balaban J connectivity index is 0.00000208. The lowest BCUT2D eigenvalue weighted by Gasteiger charge is -2.29. The first-order valence-electron chi connectivity index (χ1n) is 8.30. The Hall–Kier alpha value is -1.65. The minimum atomic E-state index is -0.703. The molecule has 128 valence electrons. The van der Waals surface area contributed by atoms with Crippen LogP contribution < -0.4 is 11.1 Å². The zero-order chi connectivity index (χ0) is 16.4. The van der Waals surface area contributed by atoms with Crippen molar-refractivity contribution in [2.75, 3.05) is 6.54 Å². The summed E-state index contributed by atoms with van der Waals surface area (Å²) >= 11 is 0. The Morgan fingerprint density at radius 1 is 1.04 bits per heavy atom. The van der Waals surface area contributed by atoms with Crippen molar-refractivity contribution in [1.29, 1.82) is 0 Å². The van der Waals surface area contributed by atoms with Crippen LogP contribution in [0.4, 0.5) is 0 Å². The van der Waals surface area contributed by atoms with Crippen LogP contribution in [0.25, 0.3) is 11.1 Å². The molecule has 0 unspecified atom stereocenters. The quantitative estimate of drug-likeness (QED) is 0.739. The van der Waals surface area contributed by atoms with Gasteiger partial charge >= 0.3 is 0 Å². The lowest BCUT2D eigenvalue weighted by Crippen LogP contribution is -2.41. The highest BCUT2D eigenvalue weighted by Crippen LogP contribution is 2.50. The summed E-state index contributed by atoms with van der Waals surface area (Å²) < 4.78 is 0. The van der Waals surface area contributed by atoms with Crippen LogP contribution >= 0.6 is 17.0 Å². The fourth-order valence-electron chi connectivity index (χ4n) is 3.73. The molecule has 2 aromatic carbocycles. The van der Waals surface area contributed by atoms with Gasteiger partial charge in [-0.15, -0.1) is 17.0 Å². The second-order valence-electron chi connectivity index (χ2n) is 6.57. The predicted molar refractivity (Wildman–Crippen MR) is 105 cm³/mol. The number of primary amides is 1. The molecule has 3 rings (SSSR count). The summed E-state index contributed by atoms with van der Waals surface area (Å²) in [6.45, 7) is 5.14. The maximum absolute atomic E-state index is 12.6. The molecule has 0 fully saturated rings. The van der Waals surface area contributed by atoms with Gasteiger partial charge < -0.3 is 11.1 Å². The third-order valence-electron chi connectivity index (χ3n) is 4.77. The van der Waals surface area contributed by atoms with Crippen LogP contribution in [0.3, 0.4) is 0 Å². The minimum Gasteiger partial charge on any atom is -0.369 e. The van der Waals surface area contributed by atoms with E-state index in [1.807, 2.05) is 24.3 Å². The summed E-state index contributed by atoms with van der Waals surface area (Å²) in [5, 5.41) is 3.42. The van der Waals surface area contributed by atoms with Gasteiger partial charge in [-0.25, -0.2) is 0 Å². The summed E-state index contributed by atoms with van der Waals surface area (Å²) in [6.07, 6.45) is 1.64. The summed E-state index contributed by atoms with van der Waals surface area (Å²) in [4.78, 5) is 12.6. The Kier molecular flexibility index (Phi) is 5.83. The molecule has 0 aliphatic heterocycles. The van der Waals surface area contributed by atoms with Crippen LogP contribution in [0.1, 0.15) is 37.8 Å². The Morgan fingerprint density at radius 2 is 1.54 bits per heavy atom. The lowest BCUT2D eigenvalue weighted by atomic mass is 9.74. The first kappa shape index (κ1) is 18.7. The highest BCUT2D eigenvalue weighted by molar-refractivity contribution is 8.93. The van der Waals surface area contributed by atoms with Gasteiger partial charge in [-0.1, -0.05) is 62.4 Å².